The maximum Gasteiger partial charge on any atom is 0.408 e. The van der Waals surface area contributed by atoms with Gasteiger partial charge in [-0.3, -0.25) is 9.59 Å². The van der Waals surface area contributed by atoms with Crippen LogP contribution in [0.15, 0.2) is 84.9 Å². The van der Waals surface area contributed by atoms with Crippen molar-refractivity contribution in [3.8, 4) is 0 Å². The molecule has 35 heavy (non-hydrogen) atoms. The maximum atomic E-state index is 12.7. The minimum absolute atomic E-state index is 0.0432. The molecule has 0 aliphatic carbocycles. The number of esters is 1. The summed E-state index contributed by atoms with van der Waals surface area (Å²) in [6.45, 7) is 0.907. The maximum absolute atomic E-state index is 12.7. The number of carbonyl (C=O) groups is 4. The minimum Gasteiger partial charge on any atom is -0.454 e. The lowest BCUT2D eigenvalue weighted by atomic mass is 10.1. The third-order valence-corrected chi connectivity index (χ3v) is 4.97. The van der Waals surface area contributed by atoms with Crippen LogP contribution < -0.4 is 10.6 Å². The number of amides is 2. The summed E-state index contributed by atoms with van der Waals surface area (Å²) < 4.78 is 10.4. The van der Waals surface area contributed by atoms with Crippen LogP contribution in [0.5, 0.6) is 0 Å². The fourth-order valence-corrected chi connectivity index (χ4v) is 3.20. The number of carbonyl (C=O) groups excluding carboxylic acids is 4. The van der Waals surface area contributed by atoms with E-state index in [9.17, 15) is 19.2 Å². The number of Topliss-reactive ketones (excluding diaryl/α,β-unsaturated/α-hetero) is 1. The average Bonchev–Trinajstić information content (AvgIpc) is 2.87. The summed E-state index contributed by atoms with van der Waals surface area (Å²) in [4.78, 5) is 48.9. The predicted molar refractivity (Wildman–Crippen MR) is 130 cm³/mol. The van der Waals surface area contributed by atoms with Crippen molar-refractivity contribution < 1.29 is 28.7 Å². The first-order chi connectivity index (χ1) is 16.9. The van der Waals surface area contributed by atoms with Gasteiger partial charge in [-0.05, 0) is 30.2 Å². The smallest absolute Gasteiger partial charge is 0.408 e. The van der Waals surface area contributed by atoms with E-state index in [1.165, 1.54) is 13.0 Å². The summed E-state index contributed by atoms with van der Waals surface area (Å²) in [5.41, 5.74) is 2.45. The second kappa shape index (κ2) is 12.7. The summed E-state index contributed by atoms with van der Waals surface area (Å²) in [5.74, 6) is -1.50. The van der Waals surface area contributed by atoms with Gasteiger partial charge in [-0.25, -0.2) is 9.59 Å². The summed E-state index contributed by atoms with van der Waals surface area (Å²) in [5, 5.41) is 5.10. The van der Waals surface area contributed by atoms with Gasteiger partial charge in [0.05, 0.1) is 0 Å². The Morgan fingerprint density at radius 2 is 1.46 bits per heavy atom. The van der Waals surface area contributed by atoms with Gasteiger partial charge in [-0.15, -0.1) is 0 Å². The molecule has 3 aromatic rings. The van der Waals surface area contributed by atoms with E-state index in [2.05, 4.69) is 10.6 Å². The molecule has 8 nitrogen and oxygen atoms in total. The van der Waals surface area contributed by atoms with Gasteiger partial charge in [-0.2, -0.15) is 0 Å². The normalized spacial score (nSPS) is 11.1. The third-order valence-electron chi connectivity index (χ3n) is 4.97. The lowest BCUT2D eigenvalue weighted by Gasteiger charge is -2.18. The molecule has 0 radical (unpaired) electrons. The summed E-state index contributed by atoms with van der Waals surface area (Å²) in [7, 11) is 0. The molecule has 0 aromatic heterocycles. The van der Waals surface area contributed by atoms with E-state index < -0.39 is 30.6 Å². The van der Waals surface area contributed by atoms with Crippen LogP contribution in [0.1, 0.15) is 28.4 Å². The fourth-order valence-electron chi connectivity index (χ4n) is 3.20. The molecule has 1 atom stereocenters. The number of anilines is 1. The van der Waals surface area contributed by atoms with Crippen LogP contribution in [0.3, 0.4) is 0 Å². The lowest BCUT2D eigenvalue weighted by Crippen LogP contribution is -2.44. The topological polar surface area (TPSA) is 111 Å². The average molecular weight is 475 g/mol. The molecule has 0 fully saturated rings. The van der Waals surface area contributed by atoms with Crippen molar-refractivity contribution in [3.05, 3.63) is 102 Å². The summed E-state index contributed by atoms with van der Waals surface area (Å²) >= 11 is 0. The van der Waals surface area contributed by atoms with E-state index in [-0.39, 0.29) is 18.8 Å². The van der Waals surface area contributed by atoms with Crippen LogP contribution in [0.2, 0.25) is 0 Å². The molecule has 8 heteroatoms. The molecule has 0 bridgehead atoms. The number of hydrogen-bond donors (Lipinski definition) is 2. The van der Waals surface area contributed by atoms with Crippen LogP contribution in [-0.4, -0.2) is 36.4 Å². The van der Waals surface area contributed by atoms with Crippen molar-refractivity contribution in [2.45, 2.75) is 26.0 Å². The van der Waals surface area contributed by atoms with Crippen molar-refractivity contribution >= 4 is 29.4 Å². The van der Waals surface area contributed by atoms with Crippen molar-refractivity contribution in [2.75, 3.05) is 11.9 Å². The van der Waals surface area contributed by atoms with Crippen LogP contribution in [0, 0.1) is 0 Å². The second-order valence-corrected chi connectivity index (χ2v) is 7.74. The van der Waals surface area contributed by atoms with Crippen LogP contribution in [-0.2, 0) is 32.1 Å². The number of ketones is 1. The number of alkyl carbamates (subject to hydrolysis) is 1. The van der Waals surface area contributed by atoms with E-state index >= 15 is 0 Å². The molecule has 2 N–H and O–H groups in total. The van der Waals surface area contributed by atoms with Crippen molar-refractivity contribution in [1.82, 2.24) is 5.32 Å². The van der Waals surface area contributed by atoms with Crippen molar-refractivity contribution in [2.24, 2.45) is 0 Å². The number of ether oxygens (including phenoxy) is 2. The Bertz CT molecular complexity index is 1160. The van der Waals surface area contributed by atoms with Crippen LogP contribution >= 0.6 is 0 Å². The van der Waals surface area contributed by atoms with Crippen molar-refractivity contribution in [3.63, 3.8) is 0 Å². The monoisotopic (exact) mass is 474 g/mol. The Labute approximate surface area is 203 Å². The van der Waals surface area contributed by atoms with Gasteiger partial charge >= 0.3 is 12.1 Å². The number of hydrogen-bond acceptors (Lipinski definition) is 6. The zero-order chi connectivity index (χ0) is 25.0. The third kappa shape index (κ3) is 8.43. The first-order valence-electron chi connectivity index (χ1n) is 11.0. The highest BCUT2D eigenvalue weighted by Gasteiger charge is 2.24. The first kappa shape index (κ1) is 25.2. The van der Waals surface area contributed by atoms with Gasteiger partial charge in [0.15, 0.2) is 12.4 Å². The summed E-state index contributed by atoms with van der Waals surface area (Å²) in [6.07, 6.45) is -0.625. The minimum atomic E-state index is -1.06. The van der Waals surface area contributed by atoms with Gasteiger partial charge in [0.1, 0.15) is 12.6 Å². The Morgan fingerprint density at radius 3 is 2.11 bits per heavy atom. The molecule has 2 amide bonds. The van der Waals surface area contributed by atoms with E-state index in [1.807, 2.05) is 60.7 Å². The Balaban J connectivity index is 1.58. The highest BCUT2D eigenvalue weighted by Crippen LogP contribution is 2.11. The van der Waals surface area contributed by atoms with Crippen molar-refractivity contribution in [1.29, 1.82) is 0 Å². The largest absolute Gasteiger partial charge is 0.454 e. The van der Waals surface area contributed by atoms with Crippen LogP contribution in [0.4, 0.5) is 10.5 Å². The molecule has 180 valence electrons. The van der Waals surface area contributed by atoms with E-state index in [1.54, 1.807) is 18.2 Å². The Morgan fingerprint density at radius 1 is 0.800 bits per heavy atom. The lowest BCUT2D eigenvalue weighted by molar-refractivity contribution is -0.149. The van der Waals surface area contributed by atoms with Gasteiger partial charge in [0, 0.05) is 17.7 Å². The standard InChI is InChI=1S/C27H26N2O6/c1-19(30)22-13-8-14-23(16-22)28-25(31)18-34-26(32)24(15-20-9-4-2-5-10-20)29-27(33)35-17-21-11-6-3-7-12-21/h2-14,16,24H,15,17-18H2,1H3,(H,28,31)(H,29,33)/t24-/m0/s1. The first-order valence-corrected chi connectivity index (χ1v) is 11.0. The highest BCUT2D eigenvalue weighted by atomic mass is 16.6. The molecule has 0 aliphatic rings. The van der Waals surface area contributed by atoms with Gasteiger partial charge in [0.25, 0.3) is 5.91 Å². The van der Waals surface area contributed by atoms with E-state index in [4.69, 9.17) is 9.47 Å². The molecular formula is C27H26N2O6. The number of benzene rings is 3. The SMILES string of the molecule is CC(=O)c1cccc(NC(=O)COC(=O)[C@H](Cc2ccccc2)NC(=O)OCc2ccccc2)c1. The fraction of sp³-hybridized carbons (Fsp3) is 0.185. The number of rotatable bonds is 10. The molecule has 0 aliphatic heterocycles. The Hall–Kier alpha value is -4.46. The van der Waals surface area contributed by atoms with Gasteiger partial charge in [-0.1, -0.05) is 72.8 Å². The molecule has 0 saturated carbocycles. The zero-order valence-corrected chi connectivity index (χ0v) is 19.2. The molecule has 0 unspecified atom stereocenters. The molecular weight excluding hydrogens is 448 g/mol. The van der Waals surface area contributed by atoms with Gasteiger partial charge in [0.2, 0.25) is 0 Å². The zero-order valence-electron chi connectivity index (χ0n) is 19.2. The molecule has 0 heterocycles. The molecule has 0 saturated heterocycles. The van der Waals surface area contributed by atoms with Crippen LogP contribution in [0.25, 0.3) is 0 Å². The predicted octanol–water partition coefficient (Wildman–Crippen LogP) is 3.91. The van der Waals surface area contributed by atoms with Gasteiger partial charge < -0.3 is 20.1 Å². The highest BCUT2D eigenvalue weighted by molar-refractivity contribution is 5.97. The Kier molecular flexibility index (Phi) is 9.13. The molecule has 3 rings (SSSR count). The van der Waals surface area contributed by atoms with E-state index in [0.29, 0.717) is 11.3 Å². The number of nitrogens with one attached hydrogen (secondary N) is 2. The second-order valence-electron chi connectivity index (χ2n) is 7.74. The summed E-state index contributed by atoms with van der Waals surface area (Å²) in [6, 6.07) is 23.6. The molecule has 3 aromatic carbocycles. The van der Waals surface area contributed by atoms with E-state index in [0.717, 1.165) is 11.1 Å². The molecule has 0 spiro atoms. The quantitative estimate of drug-likeness (QED) is 0.341.